The molecule has 1 fully saturated rings. The maximum Gasteiger partial charge on any atom is 0.330 e. The summed E-state index contributed by atoms with van der Waals surface area (Å²) >= 11 is 0. The van der Waals surface area contributed by atoms with E-state index in [2.05, 4.69) is 15.3 Å². The maximum absolute atomic E-state index is 13.0. The van der Waals surface area contributed by atoms with Crippen LogP contribution in [0.5, 0.6) is 5.75 Å². The van der Waals surface area contributed by atoms with Crippen LogP contribution in [0, 0.1) is 0 Å². The molecule has 1 aliphatic rings. The molecule has 1 aliphatic carbocycles. The molecule has 0 saturated heterocycles. The van der Waals surface area contributed by atoms with Gasteiger partial charge in [0.1, 0.15) is 5.75 Å². The Hall–Kier alpha value is -3.03. The van der Waals surface area contributed by atoms with Crippen LogP contribution < -0.4 is 16.6 Å². The molecule has 1 saturated carbocycles. The van der Waals surface area contributed by atoms with Crippen LogP contribution in [0.2, 0.25) is 0 Å². The number of H-pyrrole nitrogens is 1. The van der Waals surface area contributed by atoms with E-state index in [0.717, 1.165) is 18.4 Å². The molecule has 2 aromatic heterocycles. The summed E-state index contributed by atoms with van der Waals surface area (Å²) in [6.45, 7) is 2.41. The minimum Gasteiger partial charge on any atom is -0.508 e. The van der Waals surface area contributed by atoms with Crippen LogP contribution >= 0.6 is 0 Å². The highest BCUT2D eigenvalue weighted by molar-refractivity contribution is 5.73. The lowest BCUT2D eigenvalue weighted by atomic mass is 9.96. The number of aromatic amines is 1. The maximum atomic E-state index is 13.0. The summed E-state index contributed by atoms with van der Waals surface area (Å²) in [6, 6.07) is 7.23. The second-order valence-corrected chi connectivity index (χ2v) is 7.35. The highest BCUT2D eigenvalue weighted by Crippen LogP contribution is 2.24. The van der Waals surface area contributed by atoms with Gasteiger partial charge in [0, 0.05) is 12.6 Å². The second-order valence-electron chi connectivity index (χ2n) is 7.35. The minimum absolute atomic E-state index is 0.170. The predicted octanol–water partition coefficient (Wildman–Crippen LogP) is 2.40. The van der Waals surface area contributed by atoms with E-state index < -0.39 is 5.69 Å². The third-order valence-electron chi connectivity index (χ3n) is 5.39. The van der Waals surface area contributed by atoms with Gasteiger partial charge in [0.25, 0.3) is 5.56 Å². The average Bonchev–Trinajstić information content (AvgIpc) is 3.00. The van der Waals surface area contributed by atoms with E-state index in [4.69, 9.17) is 0 Å². The highest BCUT2D eigenvalue weighted by Gasteiger charge is 2.21. The van der Waals surface area contributed by atoms with Gasteiger partial charge in [0.15, 0.2) is 11.2 Å². The Morgan fingerprint density at radius 3 is 2.71 bits per heavy atom. The molecule has 3 aromatic rings. The van der Waals surface area contributed by atoms with Gasteiger partial charge >= 0.3 is 5.69 Å². The number of rotatable bonds is 5. The molecule has 4 rings (SSSR count). The van der Waals surface area contributed by atoms with Crippen molar-refractivity contribution in [1.29, 1.82) is 0 Å². The summed E-state index contributed by atoms with van der Waals surface area (Å²) < 4.78 is 2.98. The molecule has 0 spiro atoms. The number of aromatic nitrogens is 4. The Labute approximate surface area is 161 Å². The Kier molecular flexibility index (Phi) is 4.93. The lowest BCUT2D eigenvalue weighted by molar-refractivity contribution is 0.459. The molecule has 28 heavy (non-hydrogen) atoms. The summed E-state index contributed by atoms with van der Waals surface area (Å²) in [5.41, 5.74) is 0.692. The molecule has 148 valence electrons. The van der Waals surface area contributed by atoms with Crippen LogP contribution in [0.25, 0.3) is 11.2 Å². The Morgan fingerprint density at radius 1 is 1.21 bits per heavy atom. The van der Waals surface area contributed by atoms with E-state index in [0.29, 0.717) is 24.1 Å². The fraction of sp³-hybridized carbons (Fsp3) is 0.450. The SMILES string of the molecule is CCn1c(=O)[nH]c2nc(NC3CCCCC3)n(Cc3cccc(O)c3)c2c1=O. The summed E-state index contributed by atoms with van der Waals surface area (Å²) in [5.74, 6) is 0.745. The van der Waals surface area contributed by atoms with Gasteiger partial charge in [-0.2, -0.15) is 4.98 Å². The lowest BCUT2D eigenvalue weighted by Gasteiger charge is -2.23. The van der Waals surface area contributed by atoms with Crippen molar-refractivity contribution in [2.75, 3.05) is 5.32 Å². The Bertz CT molecular complexity index is 1110. The van der Waals surface area contributed by atoms with Crippen molar-refractivity contribution in [1.82, 2.24) is 19.1 Å². The standard InChI is InChI=1S/C20H25N5O3/c1-2-24-18(27)16-17(23-20(24)28)22-19(21-14-8-4-3-5-9-14)25(16)12-13-7-6-10-15(26)11-13/h6-7,10-11,14,26H,2-5,8-9,12H2,1H3,(H,21,22)(H,23,28). The first kappa shape index (κ1) is 18.3. The normalized spacial score (nSPS) is 15.2. The topological polar surface area (TPSA) is 105 Å². The Balaban J connectivity index is 1.85. The van der Waals surface area contributed by atoms with E-state index in [1.165, 1.54) is 23.8 Å². The van der Waals surface area contributed by atoms with Crippen molar-refractivity contribution >= 4 is 17.1 Å². The van der Waals surface area contributed by atoms with Crippen molar-refractivity contribution in [2.45, 2.75) is 58.2 Å². The molecule has 0 atom stereocenters. The van der Waals surface area contributed by atoms with Gasteiger partial charge in [-0.3, -0.25) is 18.9 Å². The molecule has 8 nitrogen and oxygen atoms in total. The molecule has 0 unspecified atom stereocenters. The molecule has 0 aliphatic heterocycles. The summed E-state index contributed by atoms with van der Waals surface area (Å²) in [6.07, 6.45) is 5.70. The van der Waals surface area contributed by atoms with E-state index in [1.807, 2.05) is 10.6 Å². The van der Waals surface area contributed by atoms with Gasteiger partial charge in [0.2, 0.25) is 5.95 Å². The molecule has 1 aromatic carbocycles. The van der Waals surface area contributed by atoms with Gasteiger partial charge in [-0.25, -0.2) is 4.79 Å². The number of imidazole rings is 1. The molecule has 2 heterocycles. The number of aromatic hydroxyl groups is 1. The molecular formula is C20H25N5O3. The zero-order chi connectivity index (χ0) is 19.7. The van der Waals surface area contributed by atoms with Crippen molar-refractivity contribution in [3.05, 3.63) is 50.7 Å². The van der Waals surface area contributed by atoms with Crippen molar-refractivity contribution in [3.8, 4) is 5.75 Å². The van der Waals surface area contributed by atoms with Crippen LogP contribution in [0.3, 0.4) is 0 Å². The monoisotopic (exact) mass is 383 g/mol. The van der Waals surface area contributed by atoms with E-state index in [1.54, 1.807) is 25.1 Å². The average molecular weight is 383 g/mol. The van der Waals surface area contributed by atoms with Gasteiger partial charge < -0.3 is 10.4 Å². The molecule has 0 bridgehead atoms. The van der Waals surface area contributed by atoms with E-state index in [-0.39, 0.29) is 23.5 Å². The van der Waals surface area contributed by atoms with Gasteiger partial charge in [0.05, 0.1) is 6.54 Å². The molecule has 3 N–H and O–H groups in total. The predicted molar refractivity (Wildman–Crippen MR) is 108 cm³/mol. The van der Waals surface area contributed by atoms with Crippen LogP contribution in [0.4, 0.5) is 5.95 Å². The lowest BCUT2D eigenvalue weighted by Crippen LogP contribution is -2.35. The number of nitrogens with zero attached hydrogens (tertiary/aromatic N) is 3. The van der Waals surface area contributed by atoms with Gasteiger partial charge in [-0.1, -0.05) is 31.4 Å². The fourth-order valence-corrected chi connectivity index (χ4v) is 3.96. The molecule has 0 amide bonds. The number of nitrogens with one attached hydrogen (secondary N) is 2. The first-order valence-electron chi connectivity index (χ1n) is 9.84. The van der Waals surface area contributed by atoms with E-state index >= 15 is 0 Å². The van der Waals surface area contributed by atoms with Crippen molar-refractivity contribution in [2.24, 2.45) is 0 Å². The third-order valence-corrected chi connectivity index (χ3v) is 5.39. The summed E-state index contributed by atoms with van der Waals surface area (Å²) in [5, 5.41) is 13.3. The number of benzene rings is 1. The van der Waals surface area contributed by atoms with Crippen LogP contribution in [-0.4, -0.2) is 30.3 Å². The second kappa shape index (κ2) is 7.53. The Morgan fingerprint density at radius 2 is 2.00 bits per heavy atom. The number of phenolic OH excluding ortho intramolecular Hbond substituents is 1. The van der Waals surface area contributed by atoms with Crippen LogP contribution in [-0.2, 0) is 13.1 Å². The molecular weight excluding hydrogens is 358 g/mol. The summed E-state index contributed by atoms with van der Waals surface area (Å²) in [4.78, 5) is 32.4. The minimum atomic E-state index is -0.453. The number of hydrogen-bond acceptors (Lipinski definition) is 5. The van der Waals surface area contributed by atoms with E-state index in [9.17, 15) is 14.7 Å². The largest absolute Gasteiger partial charge is 0.508 e. The number of phenols is 1. The number of anilines is 1. The first-order valence-corrected chi connectivity index (χ1v) is 9.84. The van der Waals surface area contributed by atoms with Crippen molar-refractivity contribution in [3.63, 3.8) is 0 Å². The molecule has 0 radical (unpaired) electrons. The highest BCUT2D eigenvalue weighted by atomic mass is 16.3. The molecule has 8 heteroatoms. The van der Waals surface area contributed by atoms with Crippen LogP contribution in [0.1, 0.15) is 44.6 Å². The van der Waals surface area contributed by atoms with Crippen LogP contribution in [0.15, 0.2) is 33.9 Å². The quantitative estimate of drug-likeness (QED) is 0.627. The number of fused-ring (bicyclic) bond motifs is 1. The zero-order valence-electron chi connectivity index (χ0n) is 15.9. The first-order chi connectivity index (χ1) is 13.6. The zero-order valence-corrected chi connectivity index (χ0v) is 15.9. The van der Waals surface area contributed by atoms with Gasteiger partial charge in [-0.05, 0) is 37.5 Å². The third kappa shape index (κ3) is 3.42. The summed E-state index contributed by atoms with van der Waals surface area (Å²) in [7, 11) is 0. The van der Waals surface area contributed by atoms with Crippen molar-refractivity contribution < 1.29 is 5.11 Å². The number of hydrogen-bond donors (Lipinski definition) is 3. The fourth-order valence-electron chi connectivity index (χ4n) is 3.96. The smallest absolute Gasteiger partial charge is 0.330 e. The van der Waals surface area contributed by atoms with Gasteiger partial charge in [-0.15, -0.1) is 0 Å².